The molecule has 4 aliphatic rings. The van der Waals surface area contributed by atoms with Gasteiger partial charge in [-0.2, -0.15) is 0 Å². The predicted octanol–water partition coefficient (Wildman–Crippen LogP) is 12.4. The minimum Gasteiger partial charge on any atom is -0.491 e. The second-order valence-electron chi connectivity index (χ2n) is 27.7. The van der Waals surface area contributed by atoms with Gasteiger partial charge in [0.2, 0.25) is 0 Å². The van der Waals surface area contributed by atoms with Crippen LogP contribution in [0, 0.1) is 35.5 Å². The number of H-pyrrole nitrogens is 3. The van der Waals surface area contributed by atoms with E-state index in [1.807, 2.05) is 127 Å². The number of piperazine rings is 1. The van der Waals surface area contributed by atoms with E-state index in [0.29, 0.717) is 84.3 Å². The highest BCUT2D eigenvalue weighted by atomic mass is 35.5. The molecule has 9 heterocycles. The molecule has 6 atom stereocenters. The molecule has 1 fully saturated rings. The van der Waals surface area contributed by atoms with Gasteiger partial charge in [-0.25, -0.2) is 24.0 Å². The number of aliphatic hydroxyl groups is 3. The average molecular weight is 1590 g/mol. The standard InChI is InChI=1S/C30H35ClN4O4.C28H27ClN4O4.C27H26ClN5O4/c1-3-4-17-38-30(37)35-12-11-25-26-18-22(31)7-10-27(26)32-28(25)29(35)21-5-8-24(9-6-21)39-20-23(36)19-34-15-13-33(2)14-16-34;1-2-3-14-36-28(35)33-12-10-23-24-15-20(29)6-9-25(24)31-26(23)27(33)19-4-7-22(8-5-19)37-17-21(34)16-32-13-11-30-18-32;1-2-3-14-36-27(35)33-12-10-22-23-15-19(28)6-9-24(23)30-25(22)26(33)18-4-7-21(8-5-18)37-17-20(34)16-32-13-11-29-31-32/h5-10,18,23,29,32,36H,11-17,19-20H2,1-2H3;4-9,11,13,15,18,21,27,31,34H,10,12,14,16-17H2,1H3;4-9,11,13,15,20,26,30,34H,10,12,14,16-17H2,1H3. The molecule has 6 unspecified atom stereocenters. The maximum atomic E-state index is 13.1. The summed E-state index contributed by atoms with van der Waals surface area (Å²) in [5.41, 5.74) is 11.9. The molecule has 0 bridgehead atoms. The summed E-state index contributed by atoms with van der Waals surface area (Å²) >= 11 is 18.9. The van der Waals surface area contributed by atoms with Gasteiger partial charge in [-0.15, -0.1) is 22.9 Å². The van der Waals surface area contributed by atoms with Crippen LogP contribution in [0.3, 0.4) is 0 Å². The third-order valence-corrected chi connectivity index (χ3v) is 20.8. The third-order valence-electron chi connectivity index (χ3n) is 20.1. The molecule has 0 spiro atoms. The molecule has 15 rings (SSSR count). The van der Waals surface area contributed by atoms with E-state index in [2.05, 4.69) is 82.6 Å². The number of nitrogens with one attached hydrogen (secondary N) is 3. The maximum Gasteiger partial charge on any atom is 0.411 e. The molecule has 0 aliphatic carbocycles. The van der Waals surface area contributed by atoms with Crippen molar-refractivity contribution in [3.8, 4) is 52.8 Å². The Hall–Kier alpha value is -11.2. The summed E-state index contributed by atoms with van der Waals surface area (Å²) in [6.07, 6.45) is 7.16. The lowest BCUT2D eigenvalue weighted by Crippen LogP contribution is -2.47. The van der Waals surface area contributed by atoms with Crippen LogP contribution in [0.4, 0.5) is 14.4 Å². The van der Waals surface area contributed by atoms with E-state index in [1.54, 1.807) is 75.8 Å². The zero-order chi connectivity index (χ0) is 78.9. The van der Waals surface area contributed by atoms with Gasteiger partial charge in [0.25, 0.3) is 0 Å². The number of halogens is 3. The monoisotopic (exact) mass is 1590 g/mol. The van der Waals surface area contributed by atoms with Gasteiger partial charge < -0.3 is 68.2 Å². The molecule has 5 aromatic heterocycles. The second kappa shape index (κ2) is 37.9. The lowest BCUT2D eigenvalue weighted by Gasteiger charge is -2.35. The molecule has 586 valence electrons. The lowest BCUT2D eigenvalue weighted by molar-refractivity contribution is 0.0504. The van der Waals surface area contributed by atoms with Gasteiger partial charge in [-0.1, -0.05) is 94.2 Å². The number of β-amino-alcohol motifs (C(OH)–C–C–N with tert-alkyl or cyclic N) is 1. The van der Waals surface area contributed by atoms with E-state index in [-0.39, 0.29) is 64.3 Å². The number of aliphatic hydroxyl groups excluding tert-OH is 3. The fraction of sp³-hybridized carbons (Fsp3) is 0.341. The molecule has 6 aromatic carbocycles. The Balaban J connectivity index is 0.000000148. The third kappa shape index (κ3) is 19.8. The van der Waals surface area contributed by atoms with Crippen molar-refractivity contribution in [2.24, 2.45) is 0 Å². The van der Waals surface area contributed by atoms with Crippen LogP contribution >= 0.6 is 34.8 Å². The molecular weight excluding hydrogens is 1500 g/mol. The van der Waals surface area contributed by atoms with E-state index in [4.69, 9.17) is 63.2 Å². The molecule has 3 amide bonds. The zero-order valence-electron chi connectivity index (χ0n) is 63.0. The summed E-state index contributed by atoms with van der Waals surface area (Å²) in [5, 5.41) is 43.8. The lowest BCUT2D eigenvalue weighted by atomic mass is 9.92. The van der Waals surface area contributed by atoms with Crippen molar-refractivity contribution in [2.45, 2.75) is 89.6 Å². The highest BCUT2D eigenvalue weighted by Gasteiger charge is 2.39. The first-order chi connectivity index (χ1) is 55.0. The van der Waals surface area contributed by atoms with Crippen molar-refractivity contribution in [3.05, 3.63) is 224 Å². The van der Waals surface area contributed by atoms with E-state index in [9.17, 15) is 29.7 Å². The number of imidazole rings is 1. The maximum absolute atomic E-state index is 13.1. The number of benzene rings is 6. The molecule has 113 heavy (non-hydrogen) atoms. The van der Waals surface area contributed by atoms with E-state index < -0.39 is 36.6 Å². The molecule has 0 saturated carbocycles. The Morgan fingerprint density at radius 1 is 0.478 bits per heavy atom. The van der Waals surface area contributed by atoms with E-state index in [1.165, 1.54) is 0 Å². The van der Waals surface area contributed by atoms with Gasteiger partial charge in [0.05, 0.1) is 25.6 Å². The van der Waals surface area contributed by atoms with Gasteiger partial charge in [-0.3, -0.25) is 19.6 Å². The number of likely N-dealkylation sites (N-methyl/N-ethyl adjacent to an activating group) is 1. The first kappa shape index (κ1) is 79.9. The first-order valence-corrected chi connectivity index (χ1v) is 38.4. The molecule has 4 aliphatic heterocycles. The minimum absolute atomic E-state index is 0.0391. The fourth-order valence-corrected chi connectivity index (χ4v) is 15.2. The zero-order valence-corrected chi connectivity index (χ0v) is 65.3. The van der Waals surface area contributed by atoms with Crippen LogP contribution in [-0.4, -0.2) is 215 Å². The summed E-state index contributed by atoms with van der Waals surface area (Å²) in [4.78, 5) is 63.5. The Morgan fingerprint density at radius 3 is 1.19 bits per heavy atom. The number of fused-ring (bicyclic) bond motifs is 9. The largest absolute Gasteiger partial charge is 0.491 e. The number of carbonyl (C=O) groups excluding carboxylic acids is 3. The highest BCUT2D eigenvalue weighted by molar-refractivity contribution is 6.32. The number of carbonyl (C=O) groups is 3. The smallest absolute Gasteiger partial charge is 0.411 e. The number of amides is 3. The number of aromatic nitrogens is 8. The topological polar surface area (TPSA) is 279 Å². The van der Waals surface area contributed by atoms with Gasteiger partial charge in [0.15, 0.2) is 19.8 Å². The highest BCUT2D eigenvalue weighted by Crippen LogP contribution is 2.44. The Bertz CT molecular complexity index is 5040. The van der Waals surface area contributed by atoms with Crippen LogP contribution in [0.25, 0.3) is 32.7 Å². The Labute approximate surface area is 669 Å². The summed E-state index contributed by atoms with van der Waals surface area (Å²) in [5.74, 6) is 18.5. The van der Waals surface area contributed by atoms with Gasteiger partial charge in [0, 0.05) is 136 Å². The van der Waals surface area contributed by atoms with Crippen LogP contribution in [0.15, 0.2) is 159 Å². The Kier molecular flexibility index (Phi) is 26.8. The number of rotatable bonds is 21. The van der Waals surface area contributed by atoms with Gasteiger partial charge in [0.1, 0.15) is 73.5 Å². The summed E-state index contributed by atoms with van der Waals surface area (Å²) in [6, 6.07) is 39.0. The van der Waals surface area contributed by atoms with E-state index >= 15 is 0 Å². The Morgan fingerprint density at radius 2 is 0.850 bits per heavy atom. The van der Waals surface area contributed by atoms with Crippen molar-refractivity contribution < 1.29 is 58.1 Å². The number of aromatic amines is 3. The number of nitrogens with zero attached hydrogens (tertiary/aromatic N) is 10. The second-order valence-corrected chi connectivity index (χ2v) is 29.0. The SMILES string of the molecule is CC#CCOC(=O)N1CCc2c([nH]c3ccc(Cl)cc23)C1c1ccc(OCC(O)CN2CCN(C)CC2)cc1.CC#CCOC(=O)N1CCc2c([nH]c3ccc(Cl)cc23)C1c1ccc(OCC(O)Cn2ccnc2)cc1.CC#CCOC(=O)N1CCc2c([nH]c3ccc(Cl)cc23)C1c1ccc(OCC(O)Cn2ccnn2)cc1. The molecular formula is C85H88Cl3N13O12. The molecule has 1 saturated heterocycles. The van der Waals surface area contributed by atoms with Crippen molar-refractivity contribution in [1.29, 1.82) is 0 Å². The summed E-state index contributed by atoms with van der Waals surface area (Å²) < 4.78 is 37.2. The van der Waals surface area contributed by atoms with Crippen molar-refractivity contribution in [1.82, 2.24) is 64.0 Å². The van der Waals surface area contributed by atoms with E-state index in [0.717, 1.165) is 109 Å². The molecule has 6 N–H and O–H groups in total. The number of hydrogen-bond donors (Lipinski definition) is 6. The molecule has 0 radical (unpaired) electrons. The first-order valence-electron chi connectivity index (χ1n) is 37.3. The van der Waals surface area contributed by atoms with Crippen molar-refractivity contribution in [2.75, 3.05) is 99.0 Å². The van der Waals surface area contributed by atoms with Crippen LogP contribution in [0.2, 0.25) is 15.1 Å². The number of ether oxygens (including phenoxy) is 6. The van der Waals surface area contributed by atoms with Crippen molar-refractivity contribution >= 4 is 85.8 Å². The quantitative estimate of drug-likeness (QED) is 0.0288. The van der Waals surface area contributed by atoms with Gasteiger partial charge >= 0.3 is 18.3 Å². The van der Waals surface area contributed by atoms with Crippen LogP contribution < -0.4 is 14.2 Å². The predicted molar refractivity (Wildman–Crippen MR) is 431 cm³/mol. The minimum atomic E-state index is -0.739. The molecule has 11 aromatic rings. The van der Waals surface area contributed by atoms with Crippen LogP contribution in [0.5, 0.6) is 17.2 Å². The summed E-state index contributed by atoms with van der Waals surface area (Å²) in [6.45, 7) is 12.4. The summed E-state index contributed by atoms with van der Waals surface area (Å²) in [7, 11) is 2.12. The van der Waals surface area contributed by atoms with Gasteiger partial charge in [-0.05, 0) is 171 Å². The van der Waals surface area contributed by atoms with Crippen molar-refractivity contribution in [3.63, 3.8) is 0 Å². The van der Waals surface area contributed by atoms with Crippen LogP contribution in [-0.2, 0) is 46.6 Å². The molecule has 25 nitrogen and oxygen atoms in total. The normalized spacial score (nSPS) is 16.7. The average Bonchev–Trinajstić information content (AvgIpc) is 1.64. The number of hydrogen-bond acceptors (Lipinski definition) is 17. The van der Waals surface area contributed by atoms with Crippen LogP contribution in [0.1, 0.15) is 89.4 Å². The molecule has 28 heteroatoms. The fourth-order valence-electron chi connectivity index (χ4n) is 14.7.